The minimum atomic E-state index is -0.400. The number of pyridine rings is 1. The fraction of sp³-hybridized carbons (Fsp3) is 0.654. The molecule has 4 rings (SSSR count). The van der Waals surface area contributed by atoms with Crippen LogP contribution in [0.4, 0.5) is 5.82 Å². The number of likely N-dealkylation sites (tertiary alicyclic amines) is 2. The fourth-order valence-corrected chi connectivity index (χ4v) is 4.41. The molecule has 0 bridgehead atoms. The highest BCUT2D eigenvalue weighted by Gasteiger charge is 2.35. The summed E-state index contributed by atoms with van der Waals surface area (Å²) in [6.07, 6.45) is 9.14. The van der Waals surface area contributed by atoms with Crippen molar-refractivity contribution in [3.8, 4) is 6.07 Å². The SMILES string of the molecule is CC.CC(=O)N1CC2CCCCC2C1.CNc1ccccn1.CO.N#CC1CC(C=O)CN1C=O.[HH]. The van der Waals surface area contributed by atoms with Gasteiger partial charge >= 0.3 is 0 Å². The van der Waals surface area contributed by atoms with Crippen LogP contribution in [0, 0.1) is 29.1 Å². The number of aromatic nitrogens is 1. The van der Waals surface area contributed by atoms with E-state index >= 15 is 0 Å². The third-order valence-electron chi connectivity index (χ3n) is 6.19. The van der Waals surface area contributed by atoms with Gasteiger partial charge in [-0.05, 0) is 43.2 Å². The summed E-state index contributed by atoms with van der Waals surface area (Å²) in [4.78, 5) is 39.1. The number of carbonyl (C=O) groups is 3. The van der Waals surface area contributed by atoms with Crippen LogP contribution in [0.25, 0.3) is 0 Å². The Morgan fingerprint density at radius 1 is 1.17 bits per heavy atom. The van der Waals surface area contributed by atoms with Crippen molar-refractivity contribution in [3.05, 3.63) is 24.4 Å². The van der Waals surface area contributed by atoms with E-state index in [1.807, 2.05) is 50.1 Å². The topological polar surface area (TPSA) is 127 Å². The maximum Gasteiger partial charge on any atom is 0.219 e. The zero-order chi connectivity index (χ0) is 26.6. The molecule has 0 aromatic carbocycles. The Hall–Kier alpha value is -2.99. The van der Waals surface area contributed by atoms with Crippen LogP contribution in [0.2, 0.25) is 0 Å². The summed E-state index contributed by atoms with van der Waals surface area (Å²) in [5, 5.41) is 18.4. The molecular formula is C26H45N5O4. The molecule has 9 heteroatoms. The molecule has 4 atom stereocenters. The number of nitriles is 1. The van der Waals surface area contributed by atoms with Gasteiger partial charge in [0.2, 0.25) is 12.3 Å². The predicted octanol–water partition coefficient (Wildman–Crippen LogP) is 3.21. The molecule has 2 saturated heterocycles. The Balaban J connectivity index is 0. The first-order valence-corrected chi connectivity index (χ1v) is 12.4. The second kappa shape index (κ2) is 19.3. The van der Waals surface area contributed by atoms with Crippen LogP contribution in [0.15, 0.2) is 24.4 Å². The average Bonchev–Trinajstić information content (AvgIpc) is 3.56. The third kappa shape index (κ3) is 11.3. The minimum absolute atomic E-state index is 0. The Bertz CT molecular complexity index is 748. The molecule has 198 valence electrons. The third-order valence-corrected chi connectivity index (χ3v) is 6.19. The van der Waals surface area contributed by atoms with Crippen molar-refractivity contribution < 1.29 is 20.9 Å². The van der Waals surface area contributed by atoms with E-state index in [-0.39, 0.29) is 13.3 Å². The number of hydrogen-bond acceptors (Lipinski definition) is 7. The Morgan fingerprint density at radius 2 is 1.77 bits per heavy atom. The summed E-state index contributed by atoms with van der Waals surface area (Å²) in [5.74, 6) is 2.70. The van der Waals surface area contributed by atoms with Gasteiger partial charge in [-0.1, -0.05) is 32.8 Å². The molecular weight excluding hydrogens is 446 g/mol. The smallest absolute Gasteiger partial charge is 0.219 e. The maximum absolute atomic E-state index is 11.1. The molecule has 0 radical (unpaired) electrons. The van der Waals surface area contributed by atoms with Gasteiger partial charge in [-0.3, -0.25) is 9.59 Å². The van der Waals surface area contributed by atoms with Crippen LogP contribution in [0.1, 0.15) is 54.3 Å². The summed E-state index contributed by atoms with van der Waals surface area (Å²) >= 11 is 0. The van der Waals surface area contributed by atoms with Gasteiger partial charge < -0.3 is 25.0 Å². The monoisotopic (exact) mass is 491 g/mol. The molecule has 3 heterocycles. The lowest BCUT2D eigenvalue weighted by Gasteiger charge is -2.22. The van der Waals surface area contributed by atoms with E-state index in [1.54, 1.807) is 13.1 Å². The Kier molecular flexibility index (Phi) is 17.7. The number of carbonyl (C=O) groups excluding carboxylic acids is 3. The van der Waals surface area contributed by atoms with Gasteiger partial charge in [-0.15, -0.1) is 0 Å². The van der Waals surface area contributed by atoms with Gasteiger partial charge in [0, 0.05) is 54.3 Å². The lowest BCUT2D eigenvalue weighted by molar-refractivity contribution is -0.128. The number of aliphatic hydroxyl groups is 1. The van der Waals surface area contributed by atoms with Gasteiger partial charge in [0.1, 0.15) is 18.1 Å². The van der Waals surface area contributed by atoms with E-state index in [0.717, 1.165) is 44.1 Å². The summed E-state index contributed by atoms with van der Waals surface area (Å²) < 4.78 is 0. The van der Waals surface area contributed by atoms with E-state index in [0.29, 0.717) is 19.4 Å². The molecule has 2 aliphatic heterocycles. The van der Waals surface area contributed by atoms with Crippen molar-refractivity contribution in [1.82, 2.24) is 14.8 Å². The fourth-order valence-electron chi connectivity index (χ4n) is 4.41. The minimum Gasteiger partial charge on any atom is -0.400 e. The van der Waals surface area contributed by atoms with Crippen molar-refractivity contribution >= 4 is 24.4 Å². The average molecular weight is 492 g/mol. The second-order valence-corrected chi connectivity index (χ2v) is 8.27. The number of hydrogen-bond donors (Lipinski definition) is 2. The number of amides is 2. The molecule has 1 saturated carbocycles. The second-order valence-electron chi connectivity index (χ2n) is 8.27. The van der Waals surface area contributed by atoms with Crippen LogP contribution in [0.3, 0.4) is 0 Å². The summed E-state index contributed by atoms with van der Waals surface area (Å²) in [7, 11) is 2.85. The van der Waals surface area contributed by atoms with E-state index in [9.17, 15) is 14.4 Å². The van der Waals surface area contributed by atoms with Crippen molar-refractivity contribution in [1.29, 1.82) is 5.26 Å². The largest absolute Gasteiger partial charge is 0.400 e. The number of nitrogens with zero attached hydrogens (tertiary/aromatic N) is 4. The Labute approximate surface area is 212 Å². The van der Waals surface area contributed by atoms with Crippen molar-refractivity contribution in [2.75, 3.05) is 39.1 Å². The molecule has 2 amide bonds. The van der Waals surface area contributed by atoms with Gasteiger partial charge in [0.15, 0.2) is 0 Å². The normalized spacial score (nSPS) is 23.6. The number of anilines is 1. The molecule has 3 fully saturated rings. The van der Waals surface area contributed by atoms with Crippen LogP contribution < -0.4 is 5.32 Å². The van der Waals surface area contributed by atoms with Gasteiger partial charge in [0.25, 0.3) is 0 Å². The zero-order valence-corrected chi connectivity index (χ0v) is 21.9. The van der Waals surface area contributed by atoms with Gasteiger partial charge in [-0.25, -0.2) is 4.98 Å². The lowest BCUT2D eigenvalue weighted by Crippen LogP contribution is -2.26. The number of rotatable bonds is 3. The van der Waals surface area contributed by atoms with Crippen molar-refractivity contribution in [2.24, 2.45) is 17.8 Å². The van der Waals surface area contributed by atoms with Crippen molar-refractivity contribution in [2.45, 2.75) is 58.9 Å². The molecule has 1 aromatic rings. The molecule has 9 nitrogen and oxygen atoms in total. The highest BCUT2D eigenvalue weighted by molar-refractivity contribution is 5.73. The quantitative estimate of drug-likeness (QED) is 0.622. The first-order chi connectivity index (χ1) is 17.0. The van der Waals surface area contributed by atoms with Gasteiger partial charge in [-0.2, -0.15) is 5.26 Å². The summed E-state index contributed by atoms with van der Waals surface area (Å²) in [5.41, 5.74) is 0. The summed E-state index contributed by atoms with van der Waals surface area (Å²) in [6.45, 7) is 8.17. The molecule has 35 heavy (non-hydrogen) atoms. The van der Waals surface area contributed by atoms with E-state index in [4.69, 9.17) is 10.4 Å². The Morgan fingerprint density at radius 3 is 2.11 bits per heavy atom. The first kappa shape index (κ1) is 32.0. The highest BCUT2D eigenvalue weighted by atomic mass is 16.2. The standard InChI is InChI=1S/C10H17NO.C7H8N2O2.C6H8N2.C2H6.CH4O.H2/c1-8(12)11-6-9-4-2-3-5-10(9)7-11;8-2-7-1-6(4-10)3-9(7)5-11;1-7-6-4-2-3-5-8-6;2*1-2;/h9-10H,2-7H2,1H3;4-7H,1,3H2;2-5H,1H3,(H,7,8);1-2H3;2H,1H3;1H. The van der Waals surface area contributed by atoms with Crippen molar-refractivity contribution in [3.63, 3.8) is 0 Å². The highest BCUT2D eigenvalue weighted by Crippen LogP contribution is 2.35. The molecule has 0 spiro atoms. The van der Waals surface area contributed by atoms with E-state index < -0.39 is 6.04 Å². The van der Waals surface area contributed by atoms with Crippen LogP contribution in [-0.2, 0) is 14.4 Å². The van der Waals surface area contributed by atoms with Gasteiger partial charge in [0.05, 0.1) is 6.07 Å². The van der Waals surface area contributed by atoms with E-state index in [2.05, 4.69) is 10.3 Å². The van der Waals surface area contributed by atoms with E-state index in [1.165, 1.54) is 30.6 Å². The predicted molar refractivity (Wildman–Crippen MR) is 139 cm³/mol. The number of aliphatic hydroxyl groups excluding tert-OH is 1. The number of fused-ring (bicyclic) bond motifs is 1. The molecule has 3 aliphatic rings. The molecule has 1 aromatic heterocycles. The molecule has 2 N–H and O–H groups in total. The van der Waals surface area contributed by atoms with Crippen LogP contribution >= 0.6 is 0 Å². The first-order valence-electron chi connectivity index (χ1n) is 12.4. The van der Waals surface area contributed by atoms with Crippen LogP contribution in [-0.4, -0.2) is 78.3 Å². The number of aldehydes is 1. The molecule has 4 unspecified atom stereocenters. The lowest BCUT2D eigenvalue weighted by atomic mass is 9.82. The zero-order valence-electron chi connectivity index (χ0n) is 21.9. The molecule has 1 aliphatic carbocycles. The number of nitrogens with one attached hydrogen (secondary N) is 1. The summed E-state index contributed by atoms with van der Waals surface area (Å²) in [6, 6.07) is 7.31. The maximum atomic E-state index is 11.1. The van der Waals surface area contributed by atoms with Crippen LogP contribution in [0.5, 0.6) is 0 Å².